The van der Waals surface area contributed by atoms with E-state index in [1.54, 1.807) is 13.0 Å². The molecule has 0 heterocycles. The van der Waals surface area contributed by atoms with Crippen LogP contribution in [0.25, 0.3) is 0 Å². The second-order valence-corrected chi connectivity index (χ2v) is 5.09. The first kappa shape index (κ1) is 17.7. The summed E-state index contributed by atoms with van der Waals surface area (Å²) in [6.07, 6.45) is 0. The summed E-state index contributed by atoms with van der Waals surface area (Å²) in [6.45, 7) is 1.56. The smallest absolute Gasteiger partial charge is 0.339 e. The minimum atomic E-state index is -0.549. The van der Waals surface area contributed by atoms with Gasteiger partial charge >= 0.3 is 5.97 Å². The van der Waals surface area contributed by atoms with Crippen LogP contribution in [-0.2, 0) is 9.53 Å². The van der Waals surface area contributed by atoms with E-state index in [0.29, 0.717) is 5.69 Å². The van der Waals surface area contributed by atoms with Crippen molar-refractivity contribution in [3.63, 3.8) is 0 Å². The number of esters is 1. The highest BCUT2D eigenvalue weighted by Crippen LogP contribution is 2.22. The lowest BCUT2D eigenvalue weighted by molar-refractivity contribution is -0.118. The number of rotatable bonds is 6. The summed E-state index contributed by atoms with van der Waals surface area (Å²) in [5.74, 6) is -1.59. The number of ether oxygens (including phenoxy) is 2. The molecule has 0 radical (unpaired) electrons. The van der Waals surface area contributed by atoms with Gasteiger partial charge in [-0.25, -0.2) is 9.18 Å². The van der Waals surface area contributed by atoms with Crippen molar-refractivity contribution in [2.45, 2.75) is 6.92 Å². The Morgan fingerprint density at radius 1 is 1.21 bits per heavy atom. The quantitative estimate of drug-likeness (QED) is 0.806. The highest BCUT2D eigenvalue weighted by molar-refractivity contribution is 6.34. The van der Waals surface area contributed by atoms with Crippen molar-refractivity contribution in [1.82, 2.24) is 0 Å². The van der Waals surface area contributed by atoms with E-state index >= 15 is 0 Å². The molecule has 0 saturated carbocycles. The molecule has 0 aliphatic carbocycles. The molecule has 0 spiro atoms. The van der Waals surface area contributed by atoms with Gasteiger partial charge in [-0.2, -0.15) is 0 Å². The zero-order valence-electron chi connectivity index (χ0n) is 12.8. The maximum Gasteiger partial charge on any atom is 0.339 e. The molecule has 0 atom stereocenters. The predicted molar refractivity (Wildman–Crippen MR) is 87.9 cm³/mol. The fourth-order valence-corrected chi connectivity index (χ4v) is 2.13. The van der Waals surface area contributed by atoms with Gasteiger partial charge < -0.3 is 14.8 Å². The van der Waals surface area contributed by atoms with Gasteiger partial charge in [-0.1, -0.05) is 23.7 Å². The van der Waals surface area contributed by atoms with E-state index in [9.17, 15) is 14.0 Å². The molecule has 0 bridgehead atoms. The van der Waals surface area contributed by atoms with E-state index in [1.165, 1.54) is 36.4 Å². The summed E-state index contributed by atoms with van der Waals surface area (Å²) < 4.78 is 23.3. The van der Waals surface area contributed by atoms with Crippen molar-refractivity contribution in [1.29, 1.82) is 0 Å². The number of hydrogen-bond donors (Lipinski definition) is 1. The van der Waals surface area contributed by atoms with E-state index in [4.69, 9.17) is 21.1 Å². The van der Waals surface area contributed by atoms with Gasteiger partial charge in [0, 0.05) is 5.69 Å². The SMILES string of the molecule is CCOC(=O)c1ccc(NC(=O)COc2ccccc2F)cc1Cl. The van der Waals surface area contributed by atoms with Crippen LogP contribution in [0.5, 0.6) is 5.75 Å². The first-order chi connectivity index (χ1) is 11.5. The number of anilines is 1. The van der Waals surface area contributed by atoms with Crippen molar-refractivity contribution in [2.75, 3.05) is 18.5 Å². The third kappa shape index (κ3) is 4.70. The Hall–Kier alpha value is -2.60. The Morgan fingerprint density at radius 3 is 2.62 bits per heavy atom. The second-order valence-electron chi connectivity index (χ2n) is 4.68. The van der Waals surface area contributed by atoms with Crippen molar-refractivity contribution >= 4 is 29.2 Å². The van der Waals surface area contributed by atoms with Gasteiger partial charge in [0.15, 0.2) is 18.2 Å². The van der Waals surface area contributed by atoms with Crippen molar-refractivity contribution < 1.29 is 23.5 Å². The number of amides is 1. The molecule has 0 saturated heterocycles. The Morgan fingerprint density at radius 2 is 1.96 bits per heavy atom. The Labute approximate surface area is 143 Å². The number of para-hydroxylation sites is 1. The minimum Gasteiger partial charge on any atom is -0.481 e. The third-order valence-electron chi connectivity index (χ3n) is 2.94. The Bertz CT molecular complexity index is 751. The monoisotopic (exact) mass is 351 g/mol. The summed E-state index contributed by atoms with van der Waals surface area (Å²) in [6, 6.07) is 10.2. The largest absolute Gasteiger partial charge is 0.481 e. The van der Waals surface area contributed by atoms with E-state index in [1.807, 2.05) is 0 Å². The maximum absolute atomic E-state index is 13.4. The standard InChI is InChI=1S/C17H15ClFNO4/c1-2-23-17(22)12-8-7-11(9-13(12)18)20-16(21)10-24-15-6-4-3-5-14(15)19/h3-9H,2,10H2,1H3,(H,20,21). The van der Waals surface area contributed by atoms with Crippen LogP contribution in [0.3, 0.4) is 0 Å². The number of carbonyl (C=O) groups is 2. The average molecular weight is 352 g/mol. The summed E-state index contributed by atoms with van der Waals surface area (Å²) in [5, 5.41) is 2.70. The molecule has 24 heavy (non-hydrogen) atoms. The second kappa shape index (κ2) is 8.31. The minimum absolute atomic E-state index is 0.0108. The van der Waals surface area contributed by atoms with Crippen LogP contribution in [0.4, 0.5) is 10.1 Å². The number of benzene rings is 2. The lowest BCUT2D eigenvalue weighted by Gasteiger charge is -2.09. The molecular formula is C17H15ClFNO4. The summed E-state index contributed by atoms with van der Waals surface area (Å²) >= 11 is 6.00. The van der Waals surface area contributed by atoms with Crippen LogP contribution in [-0.4, -0.2) is 25.1 Å². The number of hydrogen-bond acceptors (Lipinski definition) is 4. The predicted octanol–water partition coefficient (Wildman–Crippen LogP) is 3.67. The molecular weight excluding hydrogens is 337 g/mol. The van der Waals surface area contributed by atoms with Gasteiger partial charge in [-0.15, -0.1) is 0 Å². The molecule has 7 heteroatoms. The fraction of sp³-hybridized carbons (Fsp3) is 0.176. The van der Waals surface area contributed by atoms with Gasteiger partial charge in [0.25, 0.3) is 5.91 Å². The molecule has 0 aliphatic rings. The lowest BCUT2D eigenvalue weighted by Crippen LogP contribution is -2.20. The average Bonchev–Trinajstić information content (AvgIpc) is 2.54. The summed E-state index contributed by atoms with van der Waals surface area (Å²) in [7, 11) is 0. The molecule has 5 nitrogen and oxygen atoms in total. The van der Waals surface area contributed by atoms with Crippen LogP contribution in [0.2, 0.25) is 5.02 Å². The van der Waals surface area contributed by atoms with E-state index in [2.05, 4.69) is 5.32 Å². The molecule has 0 aliphatic heterocycles. The molecule has 2 aromatic carbocycles. The molecule has 126 valence electrons. The fourth-order valence-electron chi connectivity index (χ4n) is 1.87. The van der Waals surface area contributed by atoms with Crippen LogP contribution >= 0.6 is 11.6 Å². The van der Waals surface area contributed by atoms with Crippen molar-refractivity contribution in [2.24, 2.45) is 0 Å². The van der Waals surface area contributed by atoms with Gasteiger partial charge in [0.1, 0.15) is 0 Å². The number of carbonyl (C=O) groups excluding carboxylic acids is 2. The molecule has 0 aromatic heterocycles. The zero-order chi connectivity index (χ0) is 17.5. The topological polar surface area (TPSA) is 64.6 Å². The molecule has 0 unspecified atom stereocenters. The van der Waals surface area contributed by atoms with Gasteiger partial charge in [-0.3, -0.25) is 4.79 Å². The van der Waals surface area contributed by atoms with Crippen molar-refractivity contribution in [3.8, 4) is 5.75 Å². The third-order valence-corrected chi connectivity index (χ3v) is 3.26. The van der Waals surface area contributed by atoms with E-state index in [-0.39, 0.29) is 29.5 Å². The highest BCUT2D eigenvalue weighted by Gasteiger charge is 2.13. The normalized spacial score (nSPS) is 10.1. The van der Waals surface area contributed by atoms with Crippen LogP contribution in [0.15, 0.2) is 42.5 Å². The zero-order valence-corrected chi connectivity index (χ0v) is 13.6. The van der Waals surface area contributed by atoms with Crippen LogP contribution in [0.1, 0.15) is 17.3 Å². The lowest BCUT2D eigenvalue weighted by atomic mass is 10.2. The first-order valence-corrected chi connectivity index (χ1v) is 7.53. The first-order valence-electron chi connectivity index (χ1n) is 7.15. The van der Waals surface area contributed by atoms with E-state index in [0.717, 1.165) is 0 Å². The summed E-state index contributed by atoms with van der Waals surface area (Å²) in [4.78, 5) is 23.5. The van der Waals surface area contributed by atoms with Gasteiger partial charge in [0.2, 0.25) is 0 Å². The van der Waals surface area contributed by atoms with Crippen LogP contribution < -0.4 is 10.1 Å². The highest BCUT2D eigenvalue weighted by atomic mass is 35.5. The van der Waals surface area contributed by atoms with E-state index < -0.39 is 17.7 Å². The molecule has 0 fully saturated rings. The number of nitrogens with one attached hydrogen (secondary N) is 1. The maximum atomic E-state index is 13.4. The molecule has 2 aromatic rings. The van der Waals surface area contributed by atoms with Gasteiger partial charge in [-0.05, 0) is 37.3 Å². The van der Waals surface area contributed by atoms with Crippen LogP contribution in [0, 0.1) is 5.82 Å². The van der Waals surface area contributed by atoms with Gasteiger partial charge in [0.05, 0.1) is 17.2 Å². The Balaban J connectivity index is 1.96. The van der Waals surface area contributed by atoms with Crippen molar-refractivity contribution in [3.05, 3.63) is 58.9 Å². The molecule has 2 rings (SSSR count). The molecule has 1 amide bonds. The summed E-state index contributed by atoms with van der Waals surface area (Å²) in [5.41, 5.74) is 0.592. The molecule has 1 N–H and O–H groups in total. The Kier molecular flexibility index (Phi) is 6.14. The number of halogens is 2.